The van der Waals surface area contributed by atoms with E-state index in [0.29, 0.717) is 5.69 Å². The van der Waals surface area contributed by atoms with Crippen LogP contribution in [0.1, 0.15) is 16.1 Å². The number of nitrogens with one attached hydrogen (secondary N) is 1. The van der Waals surface area contributed by atoms with Gasteiger partial charge in [0.2, 0.25) is 0 Å². The van der Waals surface area contributed by atoms with E-state index in [4.69, 9.17) is 10.8 Å². The monoisotopic (exact) mass is 246 g/mol. The van der Waals surface area contributed by atoms with Crippen LogP contribution in [0.2, 0.25) is 0 Å². The van der Waals surface area contributed by atoms with E-state index in [2.05, 4.69) is 10.4 Å². The molecule has 0 bridgehead atoms. The van der Waals surface area contributed by atoms with E-state index in [1.807, 2.05) is 20.2 Å². The Bertz CT molecular complexity index is 604. The molecule has 2 aromatic rings. The lowest BCUT2D eigenvalue weighted by molar-refractivity contribution is 0.0698. The SMILES string of the molecule is Cc1nn(C)cc1Nc1cccc(C(=O)O)c1N. The second-order valence-corrected chi connectivity index (χ2v) is 4.00. The van der Waals surface area contributed by atoms with Crippen molar-refractivity contribution < 1.29 is 9.90 Å². The smallest absolute Gasteiger partial charge is 0.337 e. The molecule has 0 radical (unpaired) electrons. The molecule has 0 amide bonds. The quantitative estimate of drug-likeness (QED) is 0.717. The van der Waals surface area contributed by atoms with E-state index in [-0.39, 0.29) is 11.3 Å². The molecular formula is C12H14N4O2. The van der Waals surface area contributed by atoms with Crippen molar-refractivity contribution >= 4 is 23.0 Å². The highest BCUT2D eigenvalue weighted by atomic mass is 16.4. The molecule has 1 aromatic carbocycles. The topological polar surface area (TPSA) is 93.2 Å². The molecule has 6 nitrogen and oxygen atoms in total. The van der Waals surface area contributed by atoms with Gasteiger partial charge in [-0.1, -0.05) is 6.07 Å². The van der Waals surface area contributed by atoms with Crippen molar-refractivity contribution in [1.82, 2.24) is 9.78 Å². The molecule has 18 heavy (non-hydrogen) atoms. The van der Waals surface area contributed by atoms with Crippen molar-refractivity contribution in [2.24, 2.45) is 7.05 Å². The number of nitrogens with two attached hydrogens (primary N) is 1. The molecule has 0 aliphatic rings. The maximum atomic E-state index is 11.0. The highest BCUT2D eigenvalue weighted by molar-refractivity contribution is 5.97. The van der Waals surface area contributed by atoms with Gasteiger partial charge in [-0.05, 0) is 19.1 Å². The summed E-state index contributed by atoms with van der Waals surface area (Å²) >= 11 is 0. The largest absolute Gasteiger partial charge is 0.478 e. The number of rotatable bonds is 3. The third-order valence-corrected chi connectivity index (χ3v) is 2.62. The van der Waals surface area contributed by atoms with E-state index in [0.717, 1.165) is 11.4 Å². The maximum Gasteiger partial charge on any atom is 0.337 e. The lowest BCUT2D eigenvalue weighted by atomic mass is 10.1. The Morgan fingerprint density at radius 3 is 2.72 bits per heavy atom. The van der Waals surface area contributed by atoms with Crippen LogP contribution >= 0.6 is 0 Å². The molecule has 6 heteroatoms. The van der Waals surface area contributed by atoms with Gasteiger partial charge in [0.05, 0.1) is 28.3 Å². The van der Waals surface area contributed by atoms with Crippen LogP contribution in [-0.2, 0) is 7.05 Å². The molecule has 1 heterocycles. The van der Waals surface area contributed by atoms with Gasteiger partial charge >= 0.3 is 5.97 Å². The van der Waals surface area contributed by atoms with E-state index >= 15 is 0 Å². The van der Waals surface area contributed by atoms with Crippen LogP contribution in [-0.4, -0.2) is 20.9 Å². The molecule has 0 fully saturated rings. The fraction of sp³-hybridized carbons (Fsp3) is 0.167. The number of aromatic nitrogens is 2. The molecule has 0 atom stereocenters. The Morgan fingerprint density at radius 1 is 1.44 bits per heavy atom. The third kappa shape index (κ3) is 2.13. The van der Waals surface area contributed by atoms with Gasteiger partial charge in [-0.15, -0.1) is 0 Å². The third-order valence-electron chi connectivity index (χ3n) is 2.62. The molecule has 0 spiro atoms. The Morgan fingerprint density at radius 2 is 2.17 bits per heavy atom. The van der Waals surface area contributed by atoms with Gasteiger partial charge < -0.3 is 16.2 Å². The number of benzene rings is 1. The van der Waals surface area contributed by atoms with Crippen LogP contribution in [0.25, 0.3) is 0 Å². The maximum absolute atomic E-state index is 11.0. The van der Waals surface area contributed by atoms with Crippen LogP contribution in [0.5, 0.6) is 0 Å². The number of para-hydroxylation sites is 1. The van der Waals surface area contributed by atoms with Gasteiger partial charge in [-0.25, -0.2) is 4.79 Å². The van der Waals surface area contributed by atoms with Gasteiger partial charge in [-0.3, -0.25) is 4.68 Å². The average molecular weight is 246 g/mol. The predicted octanol–water partition coefficient (Wildman–Crippen LogP) is 1.75. The van der Waals surface area contributed by atoms with Crippen molar-refractivity contribution in [2.75, 3.05) is 11.1 Å². The molecule has 0 aliphatic heterocycles. The highest BCUT2D eigenvalue weighted by Crippen LogP contribution is 2.27. The minimum Gasteiger partial charge on any atom is -0.478 e. The molecule has 4 N–H and O–H groups in total. The molecule has 0 saturated heterocycles. The molecule has 1 aromatic heterocycles. The highest BCUT2D eigenvalue weighted by Gasteiger charge is 2.12. The second-order valence-electron chi connectivity index (χ2n) is 4.00. The van der Waals surface area contributed by atoms with Gasteiger partial charge in [0, 0.05) is 13.2 Å². The standard InChI is InChI=1S/C12H14N4O2/c1-7-10(6-16(2)15-7)14-9-5-3-4-8(11(9)13)12(17)18/h3-6,14H,13H2,1-2H3,(H,17,18). The van der Waals surface area contributed by atoms with E-state index in [9.17, 15) is 4.79 Å². The zero-order chi connectivity index (χ0) is 13.3. The lowest BCUT2D eigenvalue weighted by Crippen LogP contribution is -2.05. The van der Waals surface area contributed by atoms with E-state index in [1.165, 1.54) is 6.07 Å². The Hall–Kier alpha value is -2.50. The molecule has 0 aliphatic carbocycles. The van der Waals surface area contributed by atoms with Crippen molar-refractivity contribution in [2.45, 2.75) is 6.92 Å². The van der Waals surface area contributed by atoms with Gasteiger partial charge in [0.25, 0.3) is 0 Å². The van der Waals surface area contributed by atoms with E-state index < -0.39 is 5.97 Å². The number of anilines is 3. The fourth-order valence-corrected chi connectivity index (χ4v) is 1.73. The zero-order valence-corrected chi connectivity index (χ0v) is 10.1. The number of carbonyl (C=O) groups is 1. The molecule has 0 saturated carbocycles. The van der Waals surface area contributed by atoms with Crippen LogP contribution in [0, 0.1) is 6.92 Å². The summed E-state index contributed by atoms with van der Waals surface area (Å²) in [5.41, 5.74) is 8.30. The minimum absolute atomic E-state index is 0.0848. The Labute approximate surface area is 104 Å². The van der Waals surface area contributed by atoms with Gasteiger partial charge in [0.15, 0.2) is 0 Å². The van der Waals surface area contributed by atoms with Crippen LogP contribution in [0.15, 0.2) is 24.4 Å². The van der Waals surface area contributed by atoms with Gasteiger partial charge in [0.1, 0.15) is 0 Å². The molecule has 94 valence electrons. The Kier molecular flexibility index (Phi) is 2.93. The Balaban J connectivity index is 2.38. The molecular weight excluding hydrogens is 232 g/mol. The summed E-state index contributed by atoms with van der Waals surface area (Å²) in [6.45, 7) is 1.86. The summed E-state index contributed by atoms with van der Waals surface area (Å²) in [6.07, 6.45) is 1.81. The average Bonchev–Trinajstić information content (AvgIpc) is 2.60. The summed E-state index contributed by atoms with van der Waals surface area (Å²) in [7, 11) is 1.81. The first-order valence-electron chi connectivity index (χ1n) is 5.38. The van der Waals surface area contributed by atoms with Crippen LogP contribution < -0.4 is 11.1 Å². The van der Waals surface area contributed by atoms with E-state index in [1.54, 1.807) is 16.8 Å². The number of aromatic carboxylic acids is 1. The number of nitrogens with zero attached hydrogens (tertiary/aromatic N) is 2. The zero-order valence-electron chi connectivity index (χ0n) is 10.1. The summed E-state index contributed by atoms with van der Waals surface area (Å²) < 4.78 is 1.68. The second kappa shape index (κ2) is 4.40. The summed E-state index contributed by atoms with van der Waals surface area (Å²) in [6, 6.07) is 4.85. The first-order chi connectivity index (χ1) is 8.49. The number of carboxylic acid groups (broad SMARTS) is 1. The number of carboxylic acids is 1. The summed E-state index contributed by atoms with van der Waals surface area (Å²) in [4.78, 5) is 11.0. The fourth-order valence-electron chi connectivity index (χ4n) is 1.73. The predicted molar refractivity (Wildman–Crippen MR) is 69.0 cm³/mol. The molecule has 0 unspecified atom stereocenters. The van der Waals surface area contributed by atoms with Crippen molar-refractivity contribution in [1.29, 1.82) is 0 Å². The number of hydrogen-bond donors (Lipinski definition) is 3. The molecule has 2 rings (SSSR count). The van der Waals surface area contributed by atoms with Crippen molar-refractivity contribution in [3.63, 3.8) is 0 Å². The first kappa shape index (κ1) is 12.0. The number of nitrogen functional groups attached to an aromatic ring is 1. The van der Waals surface area contributed by atoms with Crippen LogP contribution in [0.4, 0.5) is 17.1 Å². The van der Waals surface area contributed by atoms with Crippen LogP contribution in [0.3, 0.4) is 0 Å². The van der Waals surface area contributed by atoms with Crippen molar-refractivity contribution in [3.05, 3.63) is 35.7 Å². The summed E-state index contributed by atoms with van der Waals surface area (Å²) in [5.74, 6) is -1.04. The number of hydrogen-bond acceptors (Lipinski definition) is 4. The number of aryl methyl sites for hydroxylation is 2. The van der Waals surface area contributed by atoms with Gasteiger partial charge in [-0.2, -0.15) is 5.10 Å². The van der Waals surface area contributed by atoms with Crippen molar-refractivity contribution in [3.8, 4) is 0 Å². The first-order valence-corrected chi connectivity index (χ1v) is 5.38. The lowest BCUT2D eigenvalue weighted by Gasteiger charge is -2.10. The minimum atomic E-state index is -1.04. The summed E-state index contributed by atoms with van der Waals surface area (Å²) in [5, 5.41) is 16.3. The normalized spacial score (nSPS) is 10.3.